The molecule has 2 nitrogen and oxygen atoms in total. The Hall–Kier alpha value is -0.930. The van der Waals surface area contributed by atoms with Gasteiger partial charge in [0.25, 0.3) is 0 Å². The minimum atomic E-state index is 0.625. The number of rotatable bonds is 1. The molecule has 0 fully saturated rings. The average molecular weight is 150 g/mol. The van der Waals surface area contributed by atoms with Crippen LogP contribution in [-0.2, 0) is 6.16 Å². The molecule has 0 aliphatic carbocycles. The van der Waals surface area contributed by atoms with Gasteiger partial charge in [-0.2, -0.15) is 5.26 Å². The first kappa shape index (κ1) is 7.18. The van der Waals surface area contributed by atoms with E-state index in [1.807, 2.05) is 12.1 Å². The van der Waals surface area contributed by atoms with Gasteiger partial charge in [0.1, 0.15) is 6.07 Å². The van der Waals surface area contributed by atoms with E-state index in [1.165, 1.54) is 0 Å². The quantitative estimate of drug-likeness (QED) is 0.566. The van der Waals surface area contributed by atoms with Crippen LogP contribution in [0, 0.1) is 11.3 Å². The molecule has 0 N–H and O–H groups in total. The molecule has 1 unspecified atom stereocenters. The Morgan fingerprint density at radius 1 is 1.60 bits per heavy atom. The zero-order valence-corrected chi connectivity index (χ0v) is 6.57. The first-order chi connectivity index (χ1) is 4.86. The van der Waals surface area contributed by atoms with Crippen LogP contribution in [0.15, 0.2) is 18.5 Å². The molecule has 0 aromatic carbocycles. The SMILES string of the molecule is N#Cc1cncc(CP)c1. The van der Waals surface area contributed by atoms with Crippen LogP contribution < -0.4 is 0 Å². The van der Waals surface area contributed by atoms with Crippen molar-refractivity contribution >= 4 is 9.24 Å². The molecule has 1 heterocycles. The minimum Gasteiger partial charge on any atom is -0.263 e. The Bertz CT molecular complexity index is 265. The van der Waals surface area contributed by atoms with Crippen molar-refractivity contribution in [3.05, 3.63) is 29.6 Å². The van der Waals surface area contributed by atoms with Crippen molar-refractivity contribution in [2.75, 3.05) is 0 Å². The smallest absolute Gasteiger partial charge is 0.101 e. The third kappa shape index (κ3) is 1.52. The number of pyridine rings is 1. The molecule has 0 amide bonds. The minimum absolute atomic E-state index is 0.625. The van der Waals surface area contributed by atoms with Gasteiger partial charge in [-0.15, -0.1) is 9.24 Å². The van der Waals surface area contributed by atoms with Crippen LogP contribution >= 0.6 is 9.24 Å². The molecule has 0 radical (unpaired) electrons. The Kier molecular flexibility index (Phi) is 2.36. The molecular formula is C7H7N2P. The Morgan fingerprint density at radius 2 is 2.40 bits per heavy atom. The van der Waals surface area contributed by atoms with Crippen molar-refractivity contribution in [2.24, 2.45) is 0 Å². The van der Waals surface area contributed by atoms with E-state index in [4.69, 9.17) is 5.26 Å². The van der Waals surface area contributed by atoms with Crippen LogP contribution in [0.3, 0.4) is 0 Å². The second-order valence-electron chi connectivity index (χ2n) is 1.90. The first-order valence-corrected chi connectivity index (χ1v) is 3.72. The van der Waals surface area contributed by atoms with Gasteiger partial charge in [-0.05, 0) is 17.8 Å². The predicted octanol–water partition coefficient (Wildman–Crippen LogP) is 1.33. The van der Waals surface area contributed by atoms with Gasteiger partial charge in [0.15, 0.2) is 0 Å². The molecular weight excluding hydrogens is 143 g/mol. The van der Waals surface area contributed by atoms with Crippen molar-refractivity contribution in [2.45, 2.75) is 6.16 Å². The average Bonchev–Trinajstić information content (AvgIpc) is 2.05. The highest BCUT2D eigenvalue weighted by Crippen LogP contribution is 2.05. The Morgan fingerprint density at radius 3 is 3.00 bits per heavy atom. The number of hydrogen-bond donors (Lipinski definition) is 0. The molecule has 0 saturated carbocycles. The maximum atomic E-state index is 8.46. The zero-order chi connectivity index (χ0) is 7.40. The molecule has 0 aliphatic rings. The van der Waals surface area contributed by atoms with E-state index in [0.717, 1.165) is 11.7 Å². The molecule has 0 aliphatic heterocycles. The number of nitrogens with zero attached hydrogens (tertiary/aromatic N) is 2. The topological polar surface area (TPSA) is 36.7 Å². The van der Waals surface area contributed by atoms with Gasteiger partial charge in [-0.1, -0.05) is 0 Å². The van der Waals surface area contributed by atoms with Gasteiger partial charge in [0.2, 0.25) is 0 Å². The summed E-state index contributed by atoms with van der Waals surface area (Å²) in [5, 5.41) is 8.46. The fourth-order valence-electron chi connectivity index (χ4n) is 0.660. The Balaban J connectivity index is 3.01. The maximum Gasteiger partial charge on any atom is 0.101 e. The summed E-state index contributed by atoms with van der Waals surface area (Å²) in [5.74, 6) is 0. The second-order valence-corrected chi connectivity index (χ2v) is 2.31. The third-order valence-corrected chi connectivity index (χ3v) is 1.63. The van der Waals surface area contributed by atoms with Gasteiger partial charge in [-0.3, -0.25) is 4.98 Å². The van der Waals surface area contributed by atoms with E-state index >= 15 is 0 Å². The van der Waals surface area contributed by atoms with Gasteiger partial charge in [-0.25, -0.2) is 0 Å². The third-order valence-electron chi connectivity index (χ3n) is 1.16. The standard InChI is InChI=1S/C7H7N2P/c8-2-6-1-7(5-10)4-9-3-6/h1,3-4H,5,10H2. The fourth-order valence-corrected chi connectivity index (χ4v) is 0.884. The predicted molar refractivity (Wildman–Crippen MR) is 42.4 cm³/mol. The van der Waals surface area contributed by atoms with Crippen molar-refractivity contribution in [1.82, 2.24) is 4.98 Å². The lowest BCUT2D eigenvalue weighted by Gasteiger charge is -1.92. The molecule has 1 aromatic rings. The lowest BCUT2D eigenvalue weighted by Crippen LogP contribution is -1.82. The van der Waals surface area contributed by atoms with E-state index in [0.29, 0.717) is 5.56 Å². The number of hydrogen-bond acceptors (Lipinski definition) is 2. The summed E-state index contributed by atoms with van der Waals surface area (Å²) >= 11 is 0. The summed E-state index contributed by atoms with van der Waals surface area (Å²) in [6.07, 6.45) is 4.17. The highest BCUT2D eigenvalue weighted by atomic mass is 31.0. The molecule has 1 atom stereocenters. The molecule has 0 saturated heterocycles. The molecule has 50 valence electrons. The van der Waals surface area contributed by atoms with Crippen LogP contribution in [-0.4, -0.2) is 4.98 Å². The number of aromatic nitrogens is 1. The van der Waals surface area contributed by atoms with Crippen molar-refractivity contribution in [3.63, 3.8) is 0 Å². The zero-order valence-electron chi connectivity index (χ0n) is 5.41. The van der Waals surface area contributed by atoms with Crippen LogP contribution in [0.1, 0.15) is 11.1 Å². The highest BCUT2D eigenvalue weighted by molar-refractivity contribution is 7.15. The number of nitriles is 1. The summed E-state index contributed by atoms with van der Waals surface area (Å²) in [6.45, 7) is 0. The fraction of sp³-hybridized carbons (Fsp3) is 0.143. The van der Waals surface area contributed by atoms with Crippen LogP contribution in [0.25, 0.3) is 0 Å². The second kappa shape index (κ2) is 3.29. The summed E-state index contributed by atoms with van der Waals surface area (Å²) in [4.78, 5) is 3.89. The molecule has 3 heteroatoms. The molecule has 0 bridgehead atoms. The lowest BCUT2D eigenvalue weighted by molar-refractivity contribution is 1.23. The molecule has 10 heavy (non-hydrogen) atoms. The highest BCUT2D eigenvalue weighted by Gasteiger charge is 1.91. The van der Waals surface area contributed by atoms with Crippen LogP contribution in [0.4, 0.5) is 0 Å². The molecule has 1 rings (SSSR count). The van der Waals surface area contributed by atoms with E-state index in [-0.39, 0.29) is 0 Å². The normalized spacial score (nSPS) is 8.80. The van der Waals surface area contributed by atoms with E-state index in [2.05, 4.69) is 14.2 Å². The summed E-state index contributed by atoms with van der Waals surface area (Å²) in [5.41, 5.74) is 1.70. The van der Waals surface area contributed by atoms with Gasteiger partial charge in [0.05, 0.1) is 5.56 Å². The summed E-state index contributed by atoms with van der Waals surface area (Å²) in [7, 11) is 2.59. The van der Waals surface area contributed by atoms with E-state index in [9.17, 15) is 0 Å². The van der Waals surface area contributed by atoms with E-state index in [1.54, 1.807) is 12.4 Å². The van der Waals surface area contributed by atoms with Crippen molar-refractivity contribution < 1.29 is 0 Å². The largest absolute Gasteiger partial charge is 0.263 e. The van der Waals surface area contributed by atoms with Gasteiger partial charge in [0, 0.05) is 12.4 Å². The lowest BCUT2D eigenvalue weighted by atomic mass is 10.2. The van der Waals surface area contributed by atoms with Crippen molar-refractivity contribution in [1.29, 1.82) is 5.26 Å². The molecule has 0 spiro atoms. The van der Waals surface area contributed by atoms with Crippen molar-refractivity contribution in [3.8, 4) is 6.07 Å². The Labute approximate surface area is 62.1 Å². The van der Waals surface area contributed by atoms with Crippen LogP contribution in [0.2, 0.25) is 0 Å². The maximum absolute atomic E-state index is 8.46. The molecule has 1 aromatic heterocycles. The van der Waals surface area contributed by atoms with Gasteiger partial charge >= 0.3 is 0 Å². The van der Waals surface area contributed by atoms with Crippen LogP contribution in [0.5, 0.6) is 0 Å². The monoisotopic (exact) mass is 150 g/mol. The summed E-state index contributed by atoms with van der Waals surface area (Å²) in [6, 6.07) is 3.86. The van der Waals surface area contributed by atoms with E-state index < -0.39 is 0 Å². The summed E-state index contributed by atoms with van der Waals surface area (Å²) < 4.78 is 0. The first-order valence-electron chi connectivity index (χ1n) is 2.91. The van der Waals surface area contributed by atoms with Gasteiger partial charge < -0.3 is 0 Å².